The van der Waals surface area contributed by atoms with E-state index < -0.39 is 22.6 Å². The Bertz CT molecular complexity index is 1800. The van der Waals surface area contributed by atoms with Gasteiger partial charge in [0.1, 0.15) is 0 Å². The van der Waals surface area contributed by atoms with Crippen LogP contribution in [0.4, 0.5) is 0 Å². The number of hydrogen-bond acceptors (Lipinski definition) is 0. The van der Waals surface area contributed by atoms with Crippen molar-refractivity contribution in [2.24, 2.45) is 0 Å². The van der Waals surface area contributed by atoms with E-state index in [0.717, 1.165) is 0 Å². The summed E-state index contributed by atoms with van der Waals surface area (Å²) in [5.41, 5.74) is 14.0. The molecule has 2 atom stereocenters. The van der Waals surface area contributed by atoms with Gasteiger partial charge in [0.2, 0.25) is 0 Å². The fraction of sp³-hybridized carbons (Fsp3) is 0.349. The fourth-order valence-corrected chi connectivity index (χ4v) is 53.1. The van der Waals surface area contributed by atoms with E-state index in [2.05, 4.69) is 174 Å². The minimum absolute atomic E-state index is 0.130. The molecule has 6 rings (SSSR count). The maximum atomic E-state index is 2.85. The summed E-state index contributed by atoms with van der Waals surface area (Å²) in [5, 5.41) is 0. The minimum atomic E-state index is -3.79. The molecule has 0 radical (unpaired) electrons. The van der Waals surface area contributed by atoms with Crippen LogP contribution >= 0.6 is 0 Å². The second-order valence-electron chi connectivity index (χ2n) is 16.7. The van der Waals surface area contributed by atoms with Crippen LogP contribution in [0.3, 0.4) is 0 Å². The van der Waals surface area contributed by atoms with Crippen molar-refractivity contribution >= 4 is 17.6 Å². The Morgan fingerprint density at radius 1 is 0.600 bits per heavy atom. The van der Waals surface area contributed by atoms with Gasteiger partial charge in [0, 0.05) is 0 Å². The molecule has 45 heavy (non-hydrogen) atoms. The van der Waals surface area contributed by atoms with Gasteiger partial charge in [0.05, 0.1) is 0 Å². The van der Waals surface area contributed by atoms with E-state index in [1.807, 2.05) is 0 Å². The zero-order valence-electron chi connectivity index (χ0n) is 29.3. The fourth-order valence-electron chi connectivity index (χ4n) is 8.31. The molecule has 2 unspecified atom stereocenters. The summed E-state index contributed by atoms with van der Waals surface area (Å²) in [4.78, 5) is 0. The van der Waals surface area contributed by atoms with Crippen molar-refractivity contribution in [2.45, 2.75) is 88.6 Å². The molecular formula is C43H52HfSi. The third-order valence-corrected chi connectivity index (χ3v) is 70.8. The van der Waals surface area contributed by atoms with Crippen LogP contribution in [0.1, 0.15) is 89.2 Å². The molecule has 0 heterocycles. The van der Waals surface area contributed by atoms with Gasteiger partial charge >= 0.3 is 276 Å². The van der Waals surface area contributed by atoms with Crippen LogP contribution < -0.4 is 0 Å². The van der Waals surface area contributed by atoms with E-state index in [9.17, 15) is 0 Å². The molecule has 2 heteroatoms. The Morgan fingerprint density at radius 3 is 1.38 bits per heavy atom. The topological polar surface area (TPSA) is 0 Å². The molecule has 0 saturated heterocycles. The number of benzene rings is 4. The van der Waals surface area contributed by atoms with Gasteiger partial charge in [-0.2, -0.15) is 0 Å². The number of allylic oxidation sites excluding steroid dienone is 2. The van der Waals surface area contributed by atoms with Crippen molar-refractivity contribution in [1.29, 1.82) is 0 Å². The average Bonchev–Trinajstić information content (AvgIpc) is 3.66. The van der Waals surface area contributed by atoms with Crippen molar-refractivity contribution in [3.63, 3.8) is 0 Å². The van der Waals surface area contributed by atoms with E-state index >= 15 is 0 Å². The van der Waals surface area contributed by atoms with Gasteiger partial charge in [-0.05, 0) is 0 Å². The van der Waals surface area contributed by atoms with Gasteiger partial charge in [0.25, 0.3) is 0 Å². The zero-order chi connectivity index (χ0) is 32.4. The Morgan fingerprint density at radius 2 is 1.00 bits per heavy atom. The number of rotatable bonds is 5. The quantitative estimate of drug-likeness (QED) is 0.177. The molecule has 0 spiro atoms. The molecule has 0 aromatic heterocycles. The summed E-state index contributed by atoms with van der Waals surface area (Å²) in [6.45, 7) is 19.0. The van der Waals surface area contributed by atoms with E-state index in [4.69, 9.17) is 0 Å². The SMILES string of the molecule is CC[Si](C)=[Hf]([CH3])([CH3])([CH]1C=Cc2c(-c3cccc(C(C)(C)C)c3)cccc21)[CH]1C=Cc2c(-c3cccc(C(C)(C)C)c3)cccc21. The van der Waals surface area contributed by atoms with E-state index in [1.54, 1.807) is 11.1 Å². The molecule has 0 nitrogen and oxygen atoms in total. The third kappa shape index (κ3) is 5.38. The summed E-state index contributed by atoms with van der Waals surface area (Å²) in [7, 11) is 0. The monoisotopic (exact) mass is 776 g/mol. The Balaban J connectivity index is 1.49. The van der Waals surface area contributed by atoms with Crippen LogP contribution in [0.15, 0.2) is 97.1 Å². The average molecular weight is 775 g/mol. The van der Waals surface area contributed by atoms with Crippen LogP contribution in [0, 0.1) is 0 Å². The normalized spacial score (nSPS) is 17.8. The number of fused-ring (bicyclic) bond motifs is 2. The molecule has 232 valence electrons. The summed E-state index contributed by atoms with van der Waals surface area (Å²) >= 11 is -3.79. The van der Waals surface area contributed by atoms with Crippen LogP contribution in [-0.2, 0) is 28.0 Å². The first-order valence-electron chi connectivity index (χ1n) is 17.0. The van der Waals surface area contributed by atoms with Crippen molar-refractivity contribution < 1.29 is 17.1 Å². The van der Waals surface area contributed by atoms with Crippen LogP contribution in [0.2, 0.25) is 22.0 Å². The molecule has 0 fully saturated rings. The molecule has 2 aliphatic rings. The van der Waals surface area contributed by atoms with E-state index in [0.29, 0.717) is 7.35 Å². The predicted molar refractivity (Wildman–Crippen MR) is 199 cm³/mol. The van der Waals surface area contributed by atoms with E-state index in [1.165, 1.54) is 50.6 Å². The first-order valence-corrected chi connectivity index (χ1v) is 35.9. The van der Waals surface area contributed by atoms with Crippen molar-refractivity contribution in [1.82, 2.24) is 0 Å². The van der Waals surface area contributed by atoms with Crippen molar-refractivity contribution in [2.75, 3.05) is 0 Å². The van der Waals surface area contributed by atoms with Gasteiger partial charge in [-0.1, -0.05) is 0 Å². The summed E-state index contributed by atoms with van der Waals surface area (Å²) in [5.74, 6) is 0. The molecule has 0 saturated carbocycles. The van der Waals surface area contributed by atoms with Gasteiger partial charge in [0.15, 0.2) is 0 Å². The second kappa shape index (κ2) is 11.3. The summed E-state index contributed by atoms with van der Waals surface area (Å²) in [6.07, 6.45) is 10.3. The van der Waals surface area contributed by atoms with Gasteiger partial charge in [-0.25, -0.2) is 0 Å². The molecule has 2 aliphatic carbocycles. The third-order valence-electron chi connectivity index (χ3n) is 11.7. The Labute approximate surface area is 274 Å². The molecule has 4 aromatic carbocycles. The first-order chi connectivity index (χ1) is 21.1. The molecule has 0 bridgehead atoms. The Kier molecular flexibility index (Phi) is 8.14. The van der Waals surface area contributed by atoms with Gasteiger partial charge < -0.3 is 0 Å². The summed E-state index contributed by atoms with van der Waals surface area (Å²) < 4.78 is 6.80. The van der Waals surface area contributed by atoms with Crippen LogP contribution in [0.5, 0.6) is 0 Å². The molecular weight excluding hydrogens is 723 g/mol. The van der Waals surface area contributed by atoms with Gasteiger partial charge in [-0.3, -0.25) is 0 Å². The van der Waals surface area contributed by atoms with Crippen molar-refractivity contribution in [3.8, 4) is 22.3 Å². The number of hydrogen-bond donors (Lipinski definition) is 0. The Hall–Kier alpha value is -2.55. The summed E-state index contributed by atoms with van der Waals surface area (Å²) in [6, 6.07) is 34.2. The molecule has 4 aromatic rings. The van der Waals surface area contributed by atoms with Gasteiger partial charge in [-0.15, -0.1) is 0 Å². The predicted octanol–water partition coefficient (Wildman–Crippen LogP) is 12.9. The molecule has 0 amide bonds. The standard InChI is InChI=1S/2C19H19.C3H8Si.2CH3.Hf/c2*1-19(2,3)16-10-4-9-15(13-16)18-12-6-8-14-7-5-11-17(14)18;1-3-4-2;;;/h2*4-13H,1-3H3;3H2,1-2H3;2*1H3;. The van der Waals surface area contributed by atoms with Crippen LogP contribution in [-0.4, -0.2) is 5.49 Å². The van der Waals surface area contributed by atoms with Crippen LogP contribution in [0.25, 0.3) is 34.4 Å². The maximum absolute atomic E-state index is 3.79. The van der Waals surface area contributed by atoms with Crippen molar-refractivity contribution in [3.05, 3.63) is 130 Å². The molecule has 0 aliphatic heterocycles. The first kappa shape index (κ1) is 32.4. The van der Waals surface area contributed by atoms with E-state index in [-0.39, 0.29) is 10.8 Å². The second-order valence-corrected chi connectivity index (χ2v) is 64.3. The molecule has 0 N–H and O–H groups in total. The zero-order valence-corrected chi connectivity index (χ0v) is 33.8.